The van der Waals surface area contributed by atoms with Gasteiger partial charge in [0.05, 0.1) is 0 Å². The summed E-state index contributed by atoms with van der Waals surface area (Å²) in [5.41, 5.74) is 0. The third kappa shape index (κ3) is 18.4. The summed E-state index contributed by atoms with van der Waals surface area (Å²) in [6.45, 7) is 13.4. The van der Waals surface area contributed by atoms with Crippen molar-refractivity contribution >= 4 is 39.2 Å². The van der Waals surface area contributed by atoms with E-state index in [9.17, 15) is 0 Å². The summed E-state index contributed by atoms with van der Waals surface area (Å²) in [7, 11) is 5.04. The molecular formula is C23H54O6Sn2. The van der Waals surface area contributed by atoms with E-state index in [1.165, 1.54) is 32.1 Å². The second-order valence-electron chi connectivity index (χ2n) is 7.79. The van der Waals surface area contributed by atoms with Gasteiger partial charge in [0.15, 0.2) is 0 Å². The van der Waals surface area contributed by atoms with Gasteiger partial charge in [-0.1, -0.05) is 0 Å². The summed E-state index contributed by atoms with van der Waals surface area (Å²) >= 11 is -6.23. The quantitative estimate of drug-likeness (QED) is 0.0991. The second kappa shape index (κ2) is 24.5. The van der Waals surface area contributed by atoms with E-state index in [1.54, 1.807) is 21.3 Å². The van der Waals surface area contributed by atoms with Crippen LogP contribution in [0.1, 0.15) is 98.8 Å². The molecule has 0 radical (unpaired) electrons. The first-order chi connectivity index (χ1) is 15.0. The summed E-state index contributed by atoms with van der Waals surface area (Å²) in [5.74, 6) is 0. The Morgan fingerprint density at radius 1 is 0.419 bits per heavy atom. The molecule has 0 aliphatic heterocycles. The van der Waals surface area contributed by atoms with Gasteiger partial charge in [0.2, 0.25) is 0 Å². The van der Waals surface area contributed by atoms with Crippen molar-refractivity contribution in [2.75, 3.05) is 41.2 Å². The molecule has 0 amide bonds. The van der Waals surface area contributed by atoms with E-state index in [0.717, 1.165) is 60.8 Å². The van der Waals surface area contributed by atoms with Crippen LogP contribution in [0.4, 0.5) is 0 Å². The average molecular weight is 664 g/mol. The maximum absolute atomic E-state index is 6.23. The van der Waals surface area contributed by atoms with Crippen molar-refractivity contribution < 1.29 is 18.4 Å². The molecule has 0 heterocycles. The van der Waals surface area contributed by atoms with Gasteiger partial charge in [0, 0.05) is 0 Å². The van der Waals surface area contributed by atoms with Crippen molar-refractivity contribution in [3.05, 3.63) is 0 Å². The Morgan fingerprint density at radius 2 is 0.710 bits per heavy atom. The van der Waals surface area contributed by atoms with E-state index in [2.05, 4.69) is 34.6 Å². The Bertz CT molecular complexity index is 322. The van der Waals surface area contributed by atoms with Crippen LogP contribution in [0.3, 0.4) is 0 Å². The minimum atomic E-state index is -3.26. The van der Waals surface area contributed by atoms with Gasteiger partial charge in [-0.2, -0.15) is 0 Å². The van der Waals surface area contributed by atoms with Crippen molar-refractivity contribution in [1.29, 1.82) is 0 Å². The predicted octanol–water partition coefficient (Wildman–Crippen LogP) is 6.84. The Balaban J connectivity index is 0. The molecule has 0 aromatic carbocycles. The van der Waals surface area contributed by atoms with E-state index >= 15 is 0 Å². The van der Waals surface area contributed by atoms with Crippen molar-refractivity contribution in [3.8, 4) is 0 Å². The Morgan fingerprint density at radius 3 is 0.968 bits per heavy atom. The zero-order chi connectivity index (χ0) is 23.8. The van der Waals surface area contributed by atoms with Crippen LogP contribution in [0.5, 0.6) is 0 Å². The summed E-state index contributed by atoms with van der Waals surface area (Å²) in [6, 6.07) is 0. The molecule has 190 valence electrons. The molecule has 0 aromatic rings. The predicted molar refractivity (Wildman–Crippen MR) is 135 cm³/mol. The first kappa shape index (κ1) is 34.5. The molecule has 0 rings (SSSR count). The topological polar surface area (TPSA) is 55.4 Å². The molecule has 0 atom stereocenters. The van der Waals surface area contributed by atoms with Crippen molar-refractivity contribution in [1.82, 2.24) is 0 Å². The van der Waals surface area contributed by atoms with E-state index < -0.39 is 39.2 Å². The summed E-state index contributed by atoms with van der Waals surface area (Å²) in [6.07, 6.45) is 11.5. The molecule has 0 saturated heterocycles. The maximum atomic E-state index is 6.23. The SMILES string of the molecule is CCCC[O][Sn]([CH2]CCC)([O]CCCC)[O]CCCC.CCC[CH2][Sn]([O]C)([O]C)[O]C. The fraction of sp³-hybridized carbons (Fsp3) is 1.00. The first-order valence-electron chi connectivity index (χ1n) is 12.6. The van der Waals surface area contributed by atoms with Crippen molar-refractivity contribution in [2.24, 2.45) is 0 Å². The normalized spacial score (nSPS) is 12.0. The second-order valence-corrected chi connectivity index (χ2v) is 24.4. The van der Waals surface area contributed by atoms with Gasteiger partial charge in [-0.05, 0) is 0 Å². The third-order valence-corrected chi connectivity index (χ3v) is 21.4. The van der Waals surface area contributed by atoms with Crippen LogP contribution in [0.2, 0.25) is 8.87 Å². The van der Waals surface area contributed by atoms with Gasteiger partial charge in [0.25, 0.3) is 0 Å². The molecule has 8 heteroatoms. The van der Waals surface area contributed by atoms with Gasteiger partial charge in [0.1, 0.15) is 0 Å². The number of rotatable bonds is 21. The van der Waals surface area contributed by atoms with E-state index in [4.69, 9.17) is 18.4 Å². The molecule has 0 aliphatic carbocycles. The fourth-order valence-corrected chi connectivity index (χ4v) is 16.3. The van der Waals surface area contributed by atoms with Crippen molar-refractivity contribution in [3.63, 3.8) is 0 Å². The number of hydrogen-bond acceptors (Lipinski definition) is 6. The number of hydrogen-bond donors (Lipinski definition) is 0. The van der Waals surface area contributed by atoms with Gasteiger partial charge >= 0.3 is 207 Å². The molecule has 0 N–H and O–H groups in total. The standard InChI is InChI=1S/3C4H9O.2C4H9.3CH3O.2Sn/c3*1-2-3-4-5;2*1-3-4-2;3*1-2;;/h3*2-4H2,1H3;2*1,3-4H2,2H3;3*1H3;;/q3*-1;;;3*-1;2*+3. The number of unbranched alkanes of at least 4 members (excludes halogenated alkanes) is 5. The van der Waals surface area contributed by atoms with E-state index in [1.807, 2.05) is 0 Å². The Hall–Kier alpha value is 1.36. The van der Waals surface area contributed by atoms with Gasteiger partial charge < -0.3 is 0 Å². The summed E-state index contributed by atoms with van der Waals surface area (Å²) in [4.78, 5) is 0. The minimum absolute atomic E-state index is 0.814. The van der Waals surface area contributed by atoms with Crippen molar-refractivity contribution in [2.45, 2.75) is 108 Å². The zero-order valence-electron chi connectivity index (χ0n) is 22.1. The Kier molecular flexibility index (Phi) is 27.3. The van der Waals surface area contributed by atoms with E-state index in [0.29, 0.717) is 0 Å². The van der Waals surface area contributed by atoms with E-state index in [-0.39, 0.29) is 0 Å². The van der Waals surface area contributed by atoms with Crippen LogP contribution in [0.25, 0.3) is 0 Å². The molecule has 0 unspecified atom stereocenters. The monoisotopic (exact) mass is 666 g/mol. The van der Waals surface area contributed by atoms with Crippen LogP contribution >= 0.6 is 0 Å². The van der Waals surface area contributed by atoms with Crippen LogP contribution in [0.15, 0.2) is 0 Å². The molecule has 6 nitrogen and oxygen atoms in total. The Labute approximate surface area is 205 Å². The zero-order valence-corrected chi connectivity index (χ0v) is 27.8. The molecule has 0 aromatic heterocycles. The molecule has 31 heavy (non-hydrogen) atoms. The summed E-state index contributed by atoms with van der Waals surface area (Å²) in [5, 5.41) is 0. The van der Waals surface area contributed by atoms with Crippen LogP contribution < -0.4 is 0 Å². The third-order valence-electron chi connectivity index (χ3n) is 5.07. The molecule has 0 spiro atoms. The van der Waals surface area contributed by atoms with Gasteiger partial charge in [-0.15, -0.1) is 0 Å². The van der Waals surface area contributed by atoms with Crippen LogP contribution in [0, 0.1) is 0 Å². The summed E-state index contributed by atoms with van der Waals surface area (Å²) < 4.78 is 36.6. The average Bonchev–Trinajstić information content (AvgIpc) is 2.80. The fourth-order valence-electron chi connectivity index (χ4n) is 2.80. The molecule has 0 bridgehead atoms. The van der Waals surface area contributed by atoms with Crippen LogP contribution in [-0.2, 0) is 18.4 Å². The van der Waals surface area contributed by atoms with Crippen LogP contribution in [-0.4, -0.2) is 80.4 Å². The van der Waals surface area contributed by atoms with Gasteiger partial charge in [-0.3, -0.25) is 0 Å². The first-order valence-corrected chi connectivity index (χ1v) is 23.6. The molecule has 0 fully saturated rings. The van der Waals surface area contributed by atoms with Gasteiger partial charge in [-0.25, -0.2) is 0 Å². The molecule has 0 saturated carbocycles. The molecule has 0 aliphatic rings. The molecular weight excluding hydrogens is 610 g/mol.